The fourth-order valence-electron chi connectivity index (χ4n) is 2.56. The van der Waals surface area contributed by atoms with Crippen molar-refractivity contribution < 1.29 is 23.9 Å². The van der Waals surface area contributed by atoms with Crippen molar-refractivity contribution in [1.29, 1.82) is 0 Å². The van der Waals surface area contributed by atoms with Crippen molar-refractivity contribution in [1.82, 2.24) is 10.6 Å². The molecule has 2 aromatic carbocycles. The molecule has 2 aromatic rings. The minimum atomic E-state index is -0.948. The van der Waals surface area contributed by atoms with Crippen LogP contribution in [0.1, 0.15) is 24.0 Å². The van der Waals surface area contributed by atoms with E-state index in [1.807, 2.05) is 42.5 Å². The van der Waals surface area contributed by atoms with E-state index in [9.17, 15) is 14.4 Å². The van der Waals surface area contributed by atoms with E-state index in [2.05, 4.69) is 10.6 Å². The van der Waals surface area contributed by atoms with Gasteiger partial charge in [0.25, 0.3) is 0 Å². The van der Waals surface area contributed by atoms with Crippen molar-refractivity contribution >= 4 is 17.9 Å². The lowest BCUT2D eigenvalue weighted by atomic mass is 10.1. The molecule has 0 heterocycles. The van der Waals surface area contributed by atoms with E-state index >= 15 is 0 Å². The summed E-state index contributed by atoms with van der Waals surface area (Å²) in [5, 5.41) is 5.23. The lowest BCUT2D eigenvalue weighted by Crippen LogP contribution is -2.47. The van der Waals surface area contributed by atoms with Crippen LogP contribution in [0, 0.1) is 0 Å². The Morgan fingerprint density at radius 2 is 1.76 bits per heavy atom. The molecule has 0 aliphatic rings. The Morgan fingerprint density at radius 1 is 1.03 bits per heavy atom. The summed E-state index contributed by atoms with van der Waals surface area (Å²) < 4.78 is 10.3. The summed E-state index contributed by atoms with van der Waals surface area (Å²) in [6.07, 6.45) is -0.726. The van der Waals surface area contributed by atoms with Gasteiger partial charge in [0.15, 0.2) is 0 Å². The highest BCUT2D eigenvalue weighted by atomic mass is 16.5. The minimum Gasteiger partial charge on any atom is -0.497 e. The first-order valence-corrected chi connectivity index (χ1v) is 9.14. The number of primary amides is 1. The zero-order valence-electron chi connectivity index (χ0n) is 16.2. The Morgan fingerprint density at radius 3 is 2.45 bits per heavy atom. The molecular weight excluding hydrogens is 374 g/mol. The molecule has 4 N–H and O–H groups in total. The van der Waals surface area contributed by atoms with Crippen molar-refractivity contribution in [3.8, 4) is 5.75 Å². The third kappa shape index (κ3) is 7.92. The predicted octanol–water partition coefficient (Wildman–Crippen LogP) is 1.87. The van der Waals surface area contributed by atoms with Gasteiger partial charge in [0, 0.05) is 13.0 Å². The molecule has 0 radical (unpaired) electrons. The number of nitrogens with two attached hydrogens (primary N) is 1. The largest absolute Gasteiger partial charge is 0.497 e. The second kappa shape index (κ2) is 11.3. The first-order valence-electron chi connectivity index (χ1n) is 9.14. The zero-order chi connectivity index (χ0) is 21.1. The normalized spacial score (nSPS) is 11.2. The van der Waals surface area contributed by atoms with E-state index < -0.39 is 23.9 Å². The summed E-state index contributed by atoms with van der Waals surface area (Å²) in [4.78, 5) is 35.7. The number of alkyl carbamates (subject to hydrolysis) is 1. The van der Waals surface area contributed by atoms with Gasteiger partial charge in [0.1, 0.15) is 18.4 Å². The molecule has 0 aliphatic heterocycles. The molecule has 0 spiro atoms. The number of carbonyl (C=O) groups is 3. The van der Waals surface area contributed by atoms with Gasteiger partial charge < -0.3 is 25.8 Å². The summed E-state index contributed by atoms with van der Waals surface area (Å²) >= 11 is 0. The van der Waals surface area contributed by atoms with Gasteiger partial charge in [-0.2, -0.15) is 0 Å². The van der Waals surface area contributed by atoms with Gasteiger partial charge >= 0.3 is 6.09 Å². The average molecular weight is 399 g/mol. The molecular formula is C21H25N3O5. The number of amides is 3. The maximum absolute atomic E-state index is 12.5. The summed E-state index contributed by atoms with van der Waals surface area (Å²) in [7, 11) is 1.56. The Bertz CT molecular complexity index is 826. The Balaban J connectivity index is 1.91. The van der Waals surface area contributed by atoms with Crippen LogP contribution < -0.4 is 21.1 Å². The van der Waals surface area contributed by atoms with Gasteiger partial charge in [-0.05, 0) is 29.7 Å². The monoisotopic (exact) mass is 399 g/mol. The van der Waals surface area contributed by atoms with Gasteiger partial charge in [-0.15, -0.1) is 0 Å². The third-order valence-corrected chi connectivity index (χ3v) is 4.10. The second-order valence-corrected chi connectivity index (χ2v) is 6.33. The van der Waals surface area contributed by atoms with Crippen LogP contribution in [-0.2, 0) is 27.5 Å². The Labute approximate surface area is 169 Å². The highest BCUT2D eigenvalue weighted by molar-refractivity contribution is 5.86. The molecule has 0 aliphatic carbocycles. The highest BCUT2D eigenvalue weighted by Gasteiger charge is 2.22. The van der Waals surface area contributed by atoms with Gasteiger partial charge in [-0.1, -0.05) is 42.5 Å². The fraction of sp³-hybridized carbons (Fsp3) is 0.286. The molecule has 29 heavy (non-hydrogen) atoms. The van der Waals surface area contributed by atoms with Crippen molar-refractivity contribution in [3.05, 3.63) is 65.7 Å². The predicted molar refractivity (Wildman–Crippen MR) is 107 cm³/mol. The summed E-state index contributed by atoms with van der Waals surface area (Å²) in [6.45, 7) is 0.310. The van der Waals surface area contributed by atoms with E-state index in [1.54, 1.807) is 19.2 Å². The molecule has 0 fully saturated rings. The van der Waals surface area contributed by atoms with Crippen LogP contribution in [0.4, 0.5) is 4.79 Å². The standard InChI is InChI=1S/C21H25N3O5/c1-28-17-9-5-8-16(12-17)13-23-20(26)18(10-11-19(22)25)24-21(27)29-14-15-6-3-2-4-7-15/h2-9,12,18H,10-11,13-14H2,1H3,(H2,22,25)(H,23,26)(H,24,27)/t18-/m0/s1. The third-order valence-electron chi connectivity index (χ3n) is 4.10. The Kier molecular flexibility index (Phi) is 8.50. The summed E-state index contributed by atoms with van der Waals surface area (Å²) in [5.74, 6) is -0.328. The van der Waals surface area contributed by atoms with E-state index in [0.717, 1.165) is 11.1 Å². The number of carbonyl (C=O) groups excluding carboxylic acids is 3. The Hall–Kier alpha value is -3.55. The number of rotatable bonds is 10. The first-order chi connectivity index (χ1) is 14.0. The number of methoxy groups -OCH3 is 1. The molecule has 1 atom stereocenters. The summed E-state index contributed by atoms with van der Waals surface area (Å²) in [5.41, 5.74) is 6.82. The zero-order valence-corrected chi connectivity index (χ0v) is 16.2. The lowest BCUT2D eigenvalue weighted by Gasteiger charge is -2.18. The molecule has 0 saturated heterocycles. The van der Waals surface area contributed by atoms with Gasteiger partial charge in [-0.25, -0.2) is 4.79 Å². The van der Waals surface area contributed by atoms with Crippen LogP contribution in [0.3, 0.4) is 0 Å². The van der Waals surface area contributed by atoms with Crippen LogP contribution in [0.25, 0.3) is 0 Å². The molecule has 3 amide bonds. The van der Waals surface area contributed by atoms with Crippen LogP contribution in [0.5, 0.6) is 5.75 Å². The van der Waals surface area contributed by atoms with Crippen LogP contribution in [-0.4, -0.2) is 31.1 Å². The average Bonchev–Trinajstić information content (AvgIpc) is 2.74. The van der Waals surface area contributed by atoms with Gasteiger partial charge in [0.05, 0.1) is 7.11 Å². The lowest BCUT2D eigenvalue weighted by molar-refractivity contribution is -0.123. The minimum absolute atomic E-state index is 0.0454. The molecule has 2 rings (SSSR count). The van der Waals surface area contributed by atoms with E-state index in [0.29, 0.717) is 5.75 Å². The molecule has 8 heteroatoms. The van der Waals surface area contributed by atoms with Crippen LogP contribution in [0.2, 0.25) is 0 Å². The molecule has 154 valence electrons. The van der Waals surface area contributed by atoms with E-state index in [-0.39, 0.29) is 26.0 Å². The number of benzene rings is 2. The van der Waals surface area contributed by atoms with Gasteiger partial charge in [0.2, 0.25) is 11.8 Å². The van der Waals surface area contributed by atoms with E-state index in [1.165, 1.54) is 0 Å². The number of hydrogen-bond acceptors (Lipinski definition) is 5. The van der Waals surface area contributed by atoms with E-state index in [4.69, 9.17) is 15.2 Å². The van der Waals surface area contributed by atoms with Crippen molar-refractivity contribution in [2.45, 2.75) is 32.0 Å². The number of ether oxygens (including phenoxy) is 2. The van der Waals surface area contributed by atoms with Crippen LogP contribution in [0.15, 0.2) is 54.6 Å². The fourth-order valence-corrected chi connectivity index (χ4v) is 2.56. The number of hydrogen-bond donors (Lipinski definition) is 3. The molecule has 0 aromatic heterocycles. The van der Waals surface area contributed by atoms with Crippen LogP contribution >= 0.6 is 0 Å². The topological polar surface area (TPSA) is 120 Å². The van der Waals surface area contributed by atoms with Crippen molar-refractivity contribution in [2.75, 3.05) is 7.11 Å². The summed E-state index contributed by atoms with van der Waals surface area (Å²) in [6, 6.07) is 15.4. The SMILES string of the molecule is COc1cccc(CNC(=O)[C@H](CCC(N)=O)NC(=O)OCc2ccccc2)c1. The smallest absolute Gasteiger partial charge is 0.408 e. The highest BCUT2D eigenvalue weighted by Crippen LogP contribution is 2.12. The van der Waals surface area contributed by atoms with Crippen molar-refractivity contribution in [2.24, 2.45) is 5.73 Å². The second-order valence-electron chi connectivity index (χ2n) is 6.33. The van der Waals surface area contributed by atoms with Crippen molar-refractivity contribution in [3.63, 3.8) is 0 Å². The van der Waals surface area contributed by atoms with Gasteiger partial charge in [-0.3, -0.25) is 9.59 Å². The molecule has 0 saturated carbocycles. The molecule has 8 nitrogen and oxygen atoms in total. The number of nitrogens with one attached hydrogen (secondary N) is 2. The first kappa shape index (κ1) is 21.7. The maximum atomic E-state index is 12.5. The molecule has 0 bridgehead atoms. The maximum Gasteiger partial charge on any atom is 0.408 e. The molecule has 0 unspecified atom stereocenters. The quantitative estimate of drug-likeness (QED) is 0.563.